The molecule has 1 N–H and O–H groups in total. The molecule has 1 aliphatic heterocycles. The molecule has 100 valence electrons. The van der Waals surface area contributed by atoms with Crippen LogP contribution in [-0.2, 0) is 11.2 Å². The summed E-state index contributed by atoms with van der Waals surface area (Å²) in [6, 6.07) is 17.1. The zero-order valence-electron chi connectivity index (χ0n) is 11.5. The number of nitrogens with one attached hydrogen (secondary N) is 1. The van der Waals surface area contributed by atoms with Crippen LogP contribution >= 0.6 is 0 Å². The summed E-state index contributed by atoms with van der Waals surface area (Å²) in [6.45, 7) is 2.90. The number of benzene rings is 2. The molecule has 2 heterocycles. The minimum absolute atomic E-state index is 0.0340. The molecule has 1 aromatic heterocycles. The second kappa shape index (κ2) is 4.50. The number of hydrogen-bond acceptors (Lipinski definition) is 1. The van der Waals surface area contributed by atoms with E-state index in [1.165, 1.54) is 33.3 Å². The number of hydrogen-bond donors (Lipinski definition) is 1. The molecule has 0 bridgehead atoms. The van der Waals surface area contributed by atoms with E-state index in [1.54, 1.807) is 0 Å². The van der Waals surface area contributed by atoms with Crippen LogP contribution in [0.5, 0.6) is 0 Å². The lowest BCUT2D eigenvalue weighted by molar-refractivity contribution is 0.0677. The van der Waals surface area contributed by atoms with Crippen molar-refractivity contribution >= 4 is 10.9 Å². The third-order valence-corrected chi connectivity index (χ3v) is 4.13. The molecule has 0 saturated carbocycles. The first-order valence-electron chi connectivity index (χ1n) is 7.10. The fraction of sp³-hybridized carbons (Fsp3) is 0.222. The lowest BCUT2D eigenvalue weighted by Crippen LogP contribution is -2.16. The quantitative estimate of drug-likeness (QED) is 0.701. The van der Waals surface area contributed by atoms with E-state index >= 15 is 0 Å². The first-order valence-corrected chi connectivity index (χ1v) is 7.10. The van der Waals surface area contributed by atoms with Gasteiger partial charge in [-0.3, -0.25) is 0 Å². The van der Waals surface area contributed by atoms with E-state index in [9.17, 15) is 0 Å². The summed E-state index contributed by atoms with van der Waals surface area (Å²) in [6.07, 6.45) is 1.02. The van der Waals surface area contributed by atoms with E-state index in [1.807, 2.05) is 0 Å². The first-order chi connectivity index (χ1) is 9.83. The number of rotatable bonds is 1. The zero-order valence-corrected chi connectivity index (χ0v) is 11.5. The lowest BCUT2D eigenvalue weighted by Gasteiger charge is -2.24. The fourth-order valence-corrected chi connectivity index (χ4v) is 3.08. The Bertz CT molecular complexity index is 755. The summed E-state index contributed by atoms with van der Waals surface area (Å²) in [5.41, 5.74) is 6.35. The molecule has 0 spiro atoms. The smallest absolute Gasteiger partial charge is 0.123 e. The highest BCUT2D eigenvalue weighted by Crippen LogP contribution is 2.36. The first kappa shape index (κ1) is 11.7. The molecule has 0 unspecified atom stereocenters. The van der Waals surface area contributed by atoms with Gasteiger partial charge in [0.2, 0.25) is 0 Å². The third-order valence-electron chi connectivity index (χ3n) is 4.13. The van der Waals surface area contributed by atoms with Crippen LogP contribution in [0.1, 0.15) is 28.5 Å². The molecule has 1 atom stereocenters. The van der Waals surface area contributed by atoms with Gasteiger partial charge in [-0.1, -0.05) is 48.0 Å². The van der Waals surface area contributed by atoms with Crippen molar-refractivity contribution in [3.63, 3.8) is 0 Å². The van der Waals surface area contributed by atoms with E-state index in [0.29, 0.717) is 0 Å². The van der Waals surface area contributed by atoms with Gasteiger partial charge in [-0.25, -0.2) is 0 Å². The molecule has 0 aliphatic carbocycles. The molecule has 2 aromatic carbocycles. The molecule has 20 heavy (non-hydrogen) atoms. The maximum Gasteiger partial charge on any atom is 0.123 e. The molecule has 3 aromatic rings. The van der Waals surface area contributed by atoms with Gasteiger partial charge in [0.25, 0.3) is 0 Å². The largest absolute Gasteiger partial charge is 0.367 e. The summed E-state index contributed by atoms with van der Waals surface area (Å²) in [5, 5.41) is 1.34. The number of H-pyrrole nitrogens is 1. The number of fused-ring (bicyclic) bond motifs is 3. The number of ether oxygens (including phenoxy) is 1. The summed E-state index contributed by atoms with van der Waals surface area (Å²) in [5.74, 6) is 0. The van der Waals surface area contributed by atoms with Crippen LogP contribution in [0.15, 0.2) is 48.5 Å². The van der Waals surface area contributed by atoms with E-state index in [-0.39, 0.29) is 6.10 Å². The number of aryl methyl sites for hydroxylation is 1. The van der Waals surface area contributed by atoms with Gasteiger partial charge in [0.05, 0.1) is 12.3 Å². The van der Waals surface area contributed by atoms with Crippen LogP contribution in [0.3, 0.4) is 0 Å². The highest BCUT2D eigenvalue weighted by molar-refractivity contribution is 5.85. The number of aromatic amines is 1. The van der Waals surface area contributed by atoms with E-state index in [4.69, 9.17) is 4.74 Å². The molecule has 2 heteroatoms. The number of aromatic nitrogens is 1. The van der Waals surface area contributed by atoms with E-state index < -0.39 is 0 Å². The van der Waals surface area contributed by atoms with Gasteiger partial charge in [0.1, 0.15) is 6.10 Å². The van der Waals surface area contributed by atoms with Gasteiger partial charge < -0.3 is 9.72 Å². The molecular weight excluding hydrogens is 246 g/mol. The van der Waals surface area contributed by atoms with Gasteiger partial charge in [-0.2, -0.15) is 0 Å². The average Bonchev–Trinajstić information content (AvgIpc) is 2.87. The van der Waals surface area contributed by atoms with Crippen LogP contribution in [-0.4, -0.2) is 11.6 Å². The Morgan fingerprint density at radius 3 is 2.70 bits per heavy atom. The molecule has 0 amide bonds. The predicted molar refractivity (Wildman–Crippen MR) is 81.0 cm³/mol. The van der Waals surface area contributed by atoms with Gasteiger partial charge >= 0.3 is 0 Å². The van der Waals surface area contributed by atoms with Crippen molar-refractivity contribution in [1.82, 2.24) is 4.98 Å². The highest BCUT2D eigenvalue weighted by Gasteiger charge is 2.25. The Kier molecular flexibility index (Phi) is 2.64. The van der Waals surface area contributed by atoms with Crippen LogP contribution in [0.2, 0.25) is 0 Å². The van der Waals surface area contributed by atoms with E-state index in [0.717, 1.165) is 13.0 Å². The van der Waals surface area contributed by atoms with Gasteiger partial charge in [-0.05, 0) is 30.5 Å². The molecule has 4 rings (SSSR count). The average molecular weight is 263 g/mol. The third kappa shape index (κ3) is 1.76. The normalized spacial score (nSPS) is 18.1. The van der Waals surface area contributed by atoms with E-state index in [2.05, 4.69) is 60.4 Å². The minimum Gasteiger partial charge on any atom is -0.367 e. The molecule has 0 saturated heterocycles. The Labute approximate surface area is 118 Å². The number of para-hydroxylation sites is 1. The van der Waals surface area contributed by atoms with Crippen molar-refractivity contribution in [3.8, 4) is 0 Å². The highest BCUT2D eigenvalue weighted by atomic mass is 16.5. The summed E-state index contributed by atoms with van der Waals surface area (Å²) in [4.78, 5) is 3.55. The fourth-order valence-electron chi connectivity index (χ4n) is 3.08. The second-order valence-corrected chi connectivity index (χ2v) is 5.47. The Balaban J connectivity index is 1.87. The monoisotopic (exact) mass is 263 g/mol. The summed E-state index contributed by atoms with van der Waals surface area (Å²) < 4.78 is 6.03. The predicted octanol–water partition coefficient (Wildman–Crippen LogP) is 4.14. The maximum atomic E-state index is 6.03. The standard InChI is InChI=1S/C18H17NO/c1-12-6-8-13(9-7-12)18-17-15(10-11-20-18)14-4-2-3-5-16(14)19-17/h2-9,18-19H,10-11H2,1H3/t18-/m0/s1. The van der Waals surface area contributed by atoms with Crippen molar-refractivity contribution in [2.75, 3.05) is 6.61 Å². The lowest BCUT2D eigenvalue weighted by atomic mass is 9.97. The Morgan fingerprint density at radius 2 is 1.85 bits per heavy atom. The Hall–Kier alpha value is -2.06. The van der Waals surface area contributed by atoms with Crippen LogP contribution in [0, 0.1) is 6.92 Å². The van der Waals surface area contributed by atoms with Crippen molar-refractivity contribution in [2.45, 2.75) is 19.4 Å². The van der Waals surface area contributed by atoms with Crippen molar-refractivity contribution in [3.05, 3.63) is 70.9 Å². The van der Waals surface area contributed by atoms with Crippen molar-refractivity contribution in [2.24, 2.45) is 0 Å². The van der Waals surface area contributed by atoms with Crippen LogP contribution in [0.4, 0.5) is 0 Å². The molecule has 0 fully saturated rings. The maximum absolute atomic E-state index is 6.03. The second-order valence-electron chi connectivity index (χ2n) is 5.47. The van der Waals surface area contributed by atoms with Crippen LogP contribution < -0.4 is 0 Å². The van der Waals surface area contributed by atoms with Crippen molar-refractivity contribution in [1.29, 1.82) is 0 Å². The van der Waals surface area contributed by atoms with Gasteiger partial charge in [0, 0.05) is 10.9 Å². The van der Waals surface area contributed by atoms with Gasteiger partial charge in [0.15, 0.2) is 0 Å². The van der Waals surface area contributed by atoms with Gasteiger partial charge in [-0.15, -0.1) is 0 Å². The molecule has 2 nitrogen and oxygen atoms in total. The Morgan fingerprint density at radius 1 is 1.05 bits per heavy atom. The zero-order chi connectivity index (χ0) is 13.5. The topological polar surface area (TPSA) is 25.0 Å². The summed E-state index contributed by atoms with van der Waals surface area (Å²) in [7, 11) is 0. The molecule has 1 aliphatic rings. The van der Waals surface area contributed by atoms with Crippen molar-refractivity contribution < 1.29 is 4.74 Å². The molecule has 0 radical (unpaired) electrons. The minimum atomic E-state index is 0.0340. The summed E-state index contributed by atoms with van der Waals surface area (Å²) >= 11 is 0. The SMILES string of the molecule is Cc1ccc([C@@H]2OCCc3c2[nH]c2ccccc32)cc1. The van der Waals surface area contributed by atoms with Crippen LogP contribution in [0.25, 0.3) is 10.9 Å². The molecular formula is C18H17NO.